The minimum absolute atomic E-state index is 0.0241. The minimum Gasteiger partial charge on any atom is -0.497 e. The number of thiophene rings is 1. The van der Waals surface area contributed by atoms with Gasteiger partial charge < -0.3 is 14.3 Å². The number of amidine groups is 1. The molecule has 6 nitrogen and oxygen atoms in total. The molecule has 1 aromatic carbocycles. The zero-order valence-corrected chi connectivity index (χ0v) is 15.5. The van der Waals surface area contributed by atoms with Gasteiger partial charge in [-0.05, 0) is 48.4 Å². The van der Waals surface area contributed by atoms with Crippen LogP contribution in [0.25, 0.3) is 0 Å². The van der Waals surface area contributed by atoms with E-state index in [1.54, 1.807) is 19.1 Å². The van der Waals surface area contributed by atoms with Gasteiger partial charge in [0, 0.05) is 6.07 Å². The standard InChI is InChI=1S/C19H20N2O4S/c1-23-14-9-13(10-15(11-14)24-2)12-21-17(16-5-3-8-26-16)20-25-19(18(21)22)6-4-7-19/h3,5,8-11H,4,6-7,12H2,1-2H3. The lowest BCUT2D eigenvalue weighted by atomic mass is 9.78. The van der Waals surface area contributed by atoms with Crippen LogP contribution in [0.3, 0.4) is 0 Å². The maximum Gasteiger partial charge on any atom is 0.275 e. The van der Waals surface area contributed by atoms with Crippen molar-refractivity contribution in [3.63, 3.8) is 0 Å². The van der Waals surface area contributed by atoms with Crippen LogP contribution in [0.2, 0.25) is 0 Å². The summed E-state index contributed by atoms with van der Waals surface area (Å²) in [6, 6.07) is 9.51. The number of amides is 1. The molecular weight excluding hydrogens is 352 g/mol. The van der Waals surface area contributed by atoms with Crippen LogP contribution in [0.5, 0.6) is 11.5 Å². The number of benzene rings is 1. The monoisotopic (exact) mass is 372 g/mol. The van der Waals surface area contributed by atoms with Crippen molar-refractivity contribution in [2.24, 2.45) is 5.16 Å². The van der Waals surface area contributed by atoms with Gasteiger partial charge >= 0.3 is 0 Å². The molecule has 1 aliphatic heterocycles. The highest BCUT2D eigenvalue weighted by atomic mass is 32.1. The van der Waals surface area contributed by atoms with Gasteiger partial charge in [0.15, 0.2) is 5.84 Å². The Morgan fingerprint density at radius 3 is 2.50 bits per heavy atom. The van der Waals surface area contributed by atoms with Crippen molar-refractivity contribution in [2.75, 3.05) is 14.2 Å². The molecule has 0 saturated heterocycles. The van der Waals surface area contributed by atoms with E-state index in [-0.39, 0.29) is 5.91 Å². The van der Waals surface area contributed by atoms with Gasteiger partial charge in [-0.15, -0.1) is 11.3 Å². The second-order valence-electron chi connectivity index (χ2n) is 6.44. The lowest BCUT2D eigenvalue weighted by molar-refractivity contribution is -0.173. The molecule has 7 heteroatoms. The SMILES string of the molecule is COc1cc(CN2C(=O)C3(CCC3)ON=C2c2cccs2)cc(OC)c1. The Bertz CT molecular complexity index is 821. The first kappa shape index (κ1) is 16.9. The molecule has 1 aromatic heterocycles. The Hall–Kier alpha value is -2.54. The van der Waals surface area contributed by atoms with Crippen molar-refractivity contribution >= 4 is 23.1 Å². The van der Waals surface area contributed by atoms with Crippen molar-refractivity contribution in [3.8, 4) is 11.5 Å². The summed E-state index contributed by atoms with van der Waals surface area (Å²) in [5.41, 5.74) is 0.124. The molecule has 0 N–H and O–H groups in total. The van der Waals surface area contributed by atoms with E-state index in [2.05, 4.69) is 5.16 Å². The predicted octanol–water partition coefficient (Wildman–Crippen LogP) is 3.41. The number of hydrogen-bond acceptors (Lipinski definition) is 6. The average molecular weight is 372 g/mol. The van der Waals surface area contributed by atoms with Crippen LogP contribution in [-0.4, -0.2) is 36.5 Å². The topological polar surface area (TPSA) is 60.4 Å². The number of ether oxygens (including phenoxy) is 2. The van der Waals surface area contributed by atoms with Gasteiger partial charge in [-0.3, -0.25) is 9.69 Å². The van der Waals surface area contributed by atoms with Crippen molar-refractivity contribution in [1.29, 1.82) is 0 Å². The highest BCUT2D eigenvalue weighted by Crippen LogP contribution is 2.41. The molecule has 2 heterocycles. The van der Waals surface area contributed by atoms with Crippen LogP contribution >= 0.6 is 11.3 Å². The molecule has 136 valence electrons. The van der Waals surface area contributed by atoms with Gasteiger partial charge in [-0.1, -0.05) is 11.2 Å². The van der Waals surface area contributed by atoms with Gasteiger partial charge in [0.2, 0.25) is 5.60 Å². The third-order valence-electron chi connectivity index (χ3n) is 4.85. The Kier molecular flexibility index (Phi) is 4.32. The molecule has 4 rings (SSSR count). The molecule has 0 radical (unpaired) electrons. The first-order valence-corrected chi connectivity index (χ1v) is 9.37. The lowest BCUT2D eigenvalue weighted by Crippen LogP contribution is -2.58. The van der Waals surface area contributed by atoms with Crippen molar-refractivity contribution in [3.05, 3.63) is 46.2 Å². The number of hydrogen-bond donors (Lipinski definition) is 0. The van der Waals surface area contributed by atoms with Crippen LogP contribution in [0.1, 0.15) is 29.7 Å². The van der Waals surface area contributed by atoms with E-state index in [0.717, 1.165) is 16.9 Å². The Balaban J connectivity index is 1.70. The number of nitrogens with zero attached hydrogens (tertiary/aromatic N) is 2. The van der Waals surface area contributed by atoms with Gasteiger partial charge in [-0.25, -0.2) is 0 Å². The fourth-order valence-corrected chi connectivity index (χ4v) is 3.95. The molecule has 1 fully saturated rings. The van der Waals surface area contributed by atoms with E-state index >= 15 is 0 Å². The number of carbonyl (C=O) groups is 1. The Labute approximate surface area is 156 Å². The van der Waals surface area contributed by atoms with E-state index in [0.29, 0.717) is 36.7 Å². The summed E-state index contributed by atoms with van der Waals surface area (Å²) in [7, 11) is 3.22. The third kappa shape index (κ3) is 2.82. The average Bonchev–Trinajstić information content (AvgIpc) is 3.16. The van der Waals surface area contributed by atoms with Crippen LogP contribution in [0.15, 0.2) is 40.9 Å². The van der Waals surface area contributed by atoms with Crippen LogP contribution in [0.4, 0.5) is 0 Å². The second-order valence-corrected chi connectivity index (χ2v) is 7.39. The van der Waals surface area contributed by atoms with E-state index in [9.17, 15) is 4.79 Å². The first-order valence-electron chi connectivity index (χ1n) is 8.49. The maximum atomic E-state index is 13.2. The predicted molar refractivity (Wildman–Crippen MR) is 98.6 cm³/mol. The summed E-state index contributed by atoms with van der Waals surface area (Å²) in [5, 5.41) is 6.29. The van der Waals surface area contributed by atoms with E-state index < -0.39 is 5.60 Å². The number of methoxy groups -OCH3 is 2. The Morgan fingerprint density at radius 1 is 1.23 bits per heavy atom. The summed E-state index contributed by atoms with van der Waals surface area (Å²) in [6.45, 7) is 0.383. The van der Waals surface area contributed by atoms with Crippen LogP contribution < -0.4 is 9.47 Å². The van der Waals surface area contributed by atoms with E-state index in [4.69, 9.17) is 14.3 Å². The highest BCUT2D eigenvalue weighted by Gasteiger charge is 2.53. The molecule has 1 aliphatic carbocycles. The van der Waals surface area contributed by atoms with Crippen molar-refractivity contribution < 1.29 is 19.1 Å². The second kappa shape index (κ2) is 6.64. The summed E-state index contributed by atoms with van der Waals surface area (Å²) in [4.78, 5) is 21.5. The van der Waals surface area contributed by atoms with Gasteiger partial charge in [-0.2, -0.15) is 0 Å². The van der Waals surface area contributed by atoms with Gasteiger partial charge in [0.25, 0.3) is 5.91 Å². The molecule has 2 aliphatic rings. The molecule has 2 aromatic rings. The molecule has 0 unspecified atom stereocenters. The summed E-state index contributed by atoms with van der Waals surface area (Å²) >= 11 is 1.53. The van der Waals surface area contributed by atoms with Crippen LogP contribution in [-0.2, 0) is 16.2 Å². The minimum atomic E-state index is -0.788. The van der Waals surface area contributed by atoms with Gasteiger partial charge in [0.1, 0.15) is 11.5 Å². The summed E-state index contributed by atoms with van der Waals surface area (Å²) in [6.07, 6.45) is 2.41. The fourth-order valence-electron chi connectivity index (χ4n) is 3.23. The zero-order chi connectivity index (χ0) is 18.1. The fraction of sp³-hybridized carbons (Fsp3) is 0.368. The van der Waals surface area contributed by atoms with E-state index in [1.807, 2.05) is 35.7 Å². The first-order chi connectivity index (χ1) is 12.6. The lowest BCUT2D eigenvalue weighted by Gasteiger charge is -2.44. The highest BCUT2D eigenvalue weighted by molar-refractivity contribution is 7.12. The van der Waals surface area contributed by atoms with Gasteiger partial charge in [0.05, 0.1) is 25.6 Å². The summed E-state index contributed by atoms with van der Waals surface area (Å²) < 4.78 is 10.7. The molecule has 26 heavy (non-hydrogen) atoms. The largest absolute Gasteiger partial charge is 0.497 e. The molecule has 1 spiro atoms. The van der Waals surface area contributed by atoms with E-state index in [1.165, 1.54) is 11.3 Å². The molecule has 0 atom stereocenters. The number of oxime groups is 1. The molecule has 1 amide bonds. The number of carbonyl (C=O) groups excluding carboxylic acids is 1. The summed E-state index contributed by atoms with van der Waals surface area (Å²) in [5.74, 6) is 1.91. The molecule has 0 bridgehead atoms. The van der Waals surface area contributed by atoms with Crippen molar-refractivity contribution in [2.45, 2.75) is 31.4 Å². The zero-order valence-electron chi connectivity index (χ0n) is 14.7. The maximum absolute atomic E-state index is 13.2. The molecular formula is C19H20N2O4S. The number of rotatable bonds is 5. The Morgan fingerprint density at radius 2 is 1.96 bits per heavy atom. The third-order valence-corrected chi connectivity index (χ3v) is 5.72. The molecule has 1 saturated carbocycles. The van der Waals surface area contributed by atoms with Crippen molar-refractivity contribution in [1.82, 2.24) is 4.90 Å². The smallest absolute Gasteiger partial charge is 0.275 e. The quantitative estimate of drug-likeness (QED) is 0.807. The normalized spacial score (nSPS) is 18.2. The van der Waals surface area contributed by atoms with Crippen LogP contribution in [0, 0.1) is 0 Å².